The van der Waals surface area contributed by atoms with E-state index in [2.05, 4.69) is 53.6 Å². The lowest BCUT2D eigenvalue weighted by Gasteiger charge is -2.29. The lowest BCUT2D eigenvalue weighted by molar-refractivity contribution is -0.115. The lowest BCUT2D eigenvalue weighted by Crippen LogP contribution is -2.43. The molecule has 0 aliphatic carbocycles. The highest BCUT2D eigenvalue weighted by molar-refractivity contribution is 7.79. The number of hydrogen-bond donors (Lipinski definition) is 2. The van der Waals surface area contributed by atoms with Crippen molar-refractivity contribution in [3.8, 4) is 0 Å². The van der Waals surface area contributed by atoms with Crippen LogP contribution in [0.15, 0.2) is 71.6 Å². The molecule has 1 atom stereocenters. The molecule has 34 heavy (non-hydrogen) atoms. The number of nitrogens with zero attached hydrogens (tertiary/aromatic N) is 1. The normalized spacial score (nSPS) is 14.1. The van der Waals surface area contributed by atoms with Crippen molar-refractivity contribution in [3.05, 3.63) is 89.0 Å². The average molecular weight is 481 g/mol. The Bertz CT molecular complexity index is 1130. The largest absolute Gasteiger partial charge is 0.768 e. The van der Waals surface area contributed by atoms with E-state index >= 15 is 0 Å². The third kappa shape index (κ3) is 7.52. The summed E-state index contributed by atoms with van der Waals surface area (Å²) in [4.78, 5) is 15.0. The van der Waals surface area contributed by atoms with Crippen LogP contribution in [-0.2, 0) is 22.3 Å². The third-order valence-corrected chi connectivity index (χ3v) is 6.57. The summed E-state index contributed by atoms with van der Waals surface area (Å²) in [5.74, 6) is 0.0249. The summed E-state index contributed by atoms with van der Waals surface area (Å²) in [7, 11) is 0. The van der Waals surface area contributed by atoms with Gasteiger partial charge >= 0.3 is 0 Å². The van der Waals surface area contributed by atoms with Crippen molar-refractivity contribution in [2.24, 2.45) is 0 Å². The molecule has 6 nitrogen and oxygen atoms in total. The molecule has 4 rings (SSSR count). The number of amides is 1. The van der Waals surface area contributed by atoms with Crippen molar-refractivity contribution in [2.75, 3.05) is 36.4 Å². The second-order valence-corrected chi connectivity index (χ2v) is 9.35. The highest BCUT2D eigenvalue weighted by Crippen LogP contribution is 2.19. The van der Waals surface area contributed by atoms with Gasteiger partial charge < -0.3 is 20.1 Å². The molecule has 1 heterocycles. The fourth-order valence-electron chi connectivity index (χ4n) is 3.84. The Hall–Kier alpha value is -3.00. The number of hydrogen-bond acceptors (Lipinski definition) is 5. The first-order chi connectivity index (χ1) is 16.3. The van der Waals surface area contributed by atoms with E-state index in [9.17, 15) is 13.6 Å². The number of carbonyl (C=O) groups is 1. The van der Waals surface area contributed by atoms with Gasteiger partial charge in [0.2, 0.25) is 5.91 Å². The van der Waals surface area contributed by atoms with Gasteiger partial charge in [-0.15, -0.1) is 0 Å². The van der Waals surface area contributed by atoms with Crippen LogP contribution in [0.1, 0.15) is 23.7 Å². The zero-order valence-corrected chi connectivity index (χ0v) is 20.8. The molecular formula is C27H34N3O3S-. The van der Waals surface area contributed by atoms with Crippen LogP contribution in [0.3, 0.4) is 0 Å². The van der Waals surface area contributed by atoms with Gasteiger partial charge in [-0.25, -0.2) is 0 Å². The van der Waals surface area contributed by atoms with Crippen LogP contribution in [0.5, 0.6) is 0 Å². The molecule has 182 valence electrons. The summed E-state index contributed by atoms with van der Waals surface area (Å²) in [5.41, 5.74) is 6.32. The van der Waals surface area contributed by atoms with E-state index in [1.165, 1.54) is 16.8 Å². The minimum absolute atomic E-state index is 0. The summed E-state index contributed by atoms with van der Waals surface area (Å²) in [6, 6.07) is 21.2. The van der Waals surface area contributed by atoms with Gasteiger partial charge in [-0.1, -0.05) is 42.0 Å². The quantitative estimate of drug-likeness (QED) is 0.530. The summed E-state index contributed by atoms with van der Waals surface area (Å²) < 4.78 is 20.8. The zero-order valence-electron chi connectivity index (χ0n) is 20.0. The summed E-state index contributed by atoms with van der Waals surface area (Å²) in [6.07, 6.45) is 0.408. The molecule has 1 amide bonds. The second kappa shape index (κ2) is 12.5. The molecule has 2 N–H and O–H groups in total. The van der Waals surface area contributed by atoms with Gasteiger partial charge in [0.25, 0.3) is 0 Å². The number of piperazine rings is 1. The molecule has 0 bridgehead atoms. The Morgan fingerprint density at radius 3 is 2.26 bits per heavy atom. The van der Waals surface area contributed by atoms with Crippen LogP contribution in [0.4, 0.5) is 11.4 Å². The van der Waals surface area contributed by atoms with Gasteiger partial charge in [0.1, 0.15) is 0 Å². The molecule has 1 aliphatic rings. The monoisotopic (exact) mass is 480 g/mol. The third-order valence-electron chi connectivity index (χ3n) is 5.76. The van der Waals surface area contributed by atoms with Gasteiger partial charge in [0.15, 0.2) is 0 Å². The fraction of sp³-hybridized carbons (Fsp3) is 0.296. The molecule has 1 fully saturated rings. The fourth-order valence-corrected chi connectivity index (χ4v) is 4.36. The van der Waals surface area contributed by atoms with Gasteiger partial charge in [-0.3, -0.25) is 9.00 Å². The number of rotatable bonds is 5. The number of anilines is 2. The molecule has 7 heteroatoms. The predicted octanol–water partition coefficient (Wildman–Crippen LogP) is 4.37. The van der Waals surface area contributed by atoms with E-state index < -0.39 is 11.1 Å². The topological polar surface area (TPSA) is 84.5 Å². The van der Waals surface area contributed by atoms with Crippen LogP contribution < -0.4 is 15.5 Å². The van der Waals surface area contributed by atoms with E-state index in [1.54, 1.807) is 25.1 Å². The highest BCUT2D eigenvalue weighted by Gasteiger charge is 2.11. The number of benzene rings is 3. The van der Waals surface area contributed by atoms with E-state index in [1.807, 2.05) is 24.3 Å². The highest BCUT2D eigenvalue weighted by atomic mass is 32.2. The Morgan fingerprint density at radius 2 is 1.68 bits per heavy atom. The Labute approximate surface area is 206 Å². The van der Waals surface area contributed by atoms with Crippen molar-refractivity contribution in [1.82, 2.24) is 5.32 Å². The summed E-state index contributed by atoms with van der Waals surface area (Å²) >= 11 is -2.09. The molecule has 3 aromatic rings. The van der Waals surface area contributed by atoms with E-state index in [-0.39, 0.29) is 7.33 Å². The van der Waals surface area contributed by atoms with E-state index in [0.717, 1.165) is 43.0 Å². The van der Waals surface area contributed by atoms with E-state index in [4.69, 9.17) is 0 Å². The molecule has 1 aliphatic heterocycles. The molecule has 0 aromatic heterocycles. The SMILES string of the molecule is Cc1ccc(CC(=O)Nc2ccc(N3CCNCC3)cc2)c(C)c1.Cc1ccccc1S(=O)[O-].[HH]. The first-order valence-electron chi connectivity index (χ1n) is 11.4. The van der Waals surface area contributed by atoms with E-state index in [0.29, 0.717) is 11.3 Å². The Balaban J connectivity index is 0.000000332. The first kappa shape index (κ1) is 25.6. The second-order valence-electron chi connectivity index (χ2n) is 8.44. The smallest absolute Gasteiger partial charge is 0.228 e. The summed E-state index contributed by atoms with van der Waals surface area (Å²) in [5, 5.41) is 6.35. The molecular weight excluding hydrogens is 446 g/mol. The molecule has 0 spiro atoms. The maximum Gasteiger partial charge on any atom is 0.228 e. The summed E-state index contributed by atoms with van der Waals surface area (Å²) in [6.45, 7) is 9.99. The van der Waals surface area contributed by atoms with Crippen LogP contribution in [0.25, 0.3) is 0 Å². The van der Waals surface area contributed by atoms with Crippen molar-refractivity contribution in [1.29, 1.82) is 0 Å². The van der Waals surface area contributed by atoms with Crippen molar-refractivity contribution >= 4 is 28.4 Å². The molecule has 0 saturated carbocycles. The van der Waals surface area contributed by atoms with Crippen LogP contribution in [-0.4, -0.2) is 40.8 Å². The zero-order chi connectivity index (χ0) is 24.5. The minimum Gasteiger partial charge on any atom is -0.768 e. The molecule has 1 saturated heterocycles. The predicted molar refractivity (Wildman–Crippen MR) is 140 cm³/mol. The van der Waals surface area contributed by atoms with Gasteiger partial charge in [-0.05, 0) is 78.9 Å². The van der Waals surface area contributed by atoms with Crippen molar-refractivity contribution in [3.63, 3.8) is 0 Å². The lowest BCUT2D eigenvalue weighted by atomic mass is 10.0. The Morgan fingerprint density at radius 1 is 1.00 bits per heavy atom. The number of nitrogens with one attached hydrogen (secondary N) is 2. The van der Waals surface area contributed by atoms with Gasteiger partial charge in [-0.2, -0.15) is 0 Å². The molecule has 1 unspecified atom stereocenters. The number of carbonyl (C=O) groups excluding carboxylic acids is 1. The van der Waals surface area contributed by atoms with Crippen molar-refractivity contribution < 1.29 is 15.0 Å². The maximum absolute atomic E-state index is 12.3. The average Bonchev–Trinajstić information content (AvgIpc) is 2.82. The first-order valence-corrected chi connectivity index (χ1v) is 12.5. The maximum atomic E-state index is 12.3. The Kier molecular flexibility index (Phi) is 9.39. The van der Waals surface area contributed by atoms with Crippen LogP contribution in [0.2, 0.25) is 0 Å². The van der Waals surface area contributed by atoms with Gasteiger partial charge in [0, 0.05) is 43.9 Å². The standard InChI is InChI=1S/C20H25N3O.C7H8O2S.H2/c1-15-3-4-17(16(2)13-15)14-20(24)22-18-5-7-19(8-6-18)23-11-9-21-10-12-23;1-6-4-2-3-5-7(6)10(8)9;/h3-8,13,21H,9-12,14H2,1-2H3,(H,22,24);2-5H,1H3,(H,8,9);1H/p-1. The van der Waals surface area contributed by atoms with Crippen molar-refractivity contribution in [2.45, 2.75) is 32.1 Å². The molecule has 0 radical (unpaired) electrons. The minimum atomic E-state index is -2.09. The number of aryl methyl sites for hydroxylation is 3. The van der Waals surface area contributed by atoms with Crippen LogP contribution >= 0.6 is 0 Å². The van der Waals surface area contributed by atoms with Crippen LogP contribution in [0, 0.1) is 20.8 Å². The molecule has 3 aromatic carbocycles. The van der Waals surface area contributed by atoms with Gasteiger partial charge in [0.05, 0.1) is 6.42 Å².